The van der Waals surface area contributed by atoms with Crippen LogP contribution in [-0.2, 0) is 22.4 Å². The number of aryl methyl sites for hydroxylation is 1. The van der Waals surface area contributed by atoms with Crippen LogP contribution in [0.2, 0.25) is 0 Å². The normalized spacial score (nSPS) is 12.9. The second-order valence-electron chi connectivity index (χ2n) is 7.10. The summed E-state index contributed by atoms with van der Waals surface area (Å²) in [7, 11) is 0. The molecule has 0 spiro atoms. The smallest absolute Gasteiger partial charge is 0.333 e. The zero-order chi connectivity index (χ0) is 21.1. The third-order valence-electron chi connectivity index (χ3n) is 4.88. The molecule has 156 valence electrons. The Morgan fingerprint density at radius 1 is 1.07 bits per heavy atom. The van der Waals surface area contributed by atoms with Crippen molar-refractivity contribution < 1.29 is 14.6 Å². The van der Waals surface area contributed by atoms with Crippen LogP contribution in [0.25, 0.3) is 0 Å². The molecule has 2 rings (SSSR count). The number of nitrogens with one attached hydrogen (secondary N) is 1. The average Bonchev–Trinajstić information content (AvgIpc) is 2.73. The molecule has 2 aromatic rings. The lowest BCUT2D eigenvalue weighted by atomic mass is 9.91. The SMILES string of the molecule is CCCNC(=S)[C@@H](CCc1ccc(C[C@@H](OCC)C(=O)O)cc1)c1ccccc1. The first-order valence-electron chi connectivity index (χ1n) is 10.3. The van der Waals surface area contributed by atoms with Crippen molar-refractivity contribution in [1.82, 2.24) is 5.32 Å². The number of aliphatic carboxylic acids is 1. The molecule has 0 saturated heterocycles. The summed E-state index contributed by atoms with van der Waals surface area (Å²) >= 11 is 5.68. The third-order valence-corrected chi connectivity index (χ3v) is 5.31. The highest BCUT2D eigenvalue weighted by Crippen LogP contribution is 2.23. The van der Waals surface area contributed by atoms with Crippen LogP contribution < -0.4 is 5.32 Å². The van der Waals surface area contributed by atoms with Gasteiger partial charge in [0.05, 0.1) is 4.99 Å². The summed E-state index contributed by atoms with van der Waals surface area (Å²) in [6.07, 6.45) is 2.45. The molecule has 0 heterocycles. The first-order valence-corrected chi connectivity index (χ1v) is 10.7. The van der Waals surface area contributed by atoms with Crippen molar-refractivity contribution >= 4 is 23.2 Å². The second kappa shape index (κ2) is 12.3. The highest BCUT2D eigenvalue weighted by molar-refractivity contribution is 7.80. The van der Waals surface area contributed by atoms with Crippen molar-refractivity contribution in [3.05, 3.63) is 71.3 Å². The Hall–Kier alpha value is -2.24. The lowest BCUT2D eigenvalue weighted by Crippen LogP contribution is -2.28. The van der Waals surface area contributed by atoms with Gasteiger partial charge < -0.3 is 15.2 Å². The molecule has 0 aliphatic heterocycles. The molecule has 0 saturated carbocycles. The average molecular weight is 414 g/mol. The number of carbonyl (C=O) groups is 1. The van der Waals surface area contributed by atoms with Gasteiger partial charge >= 0.3 is 5.97 Å². The van der Waals surface area contributed by atoms with Crippen molar-refractivity contribution in [3.8, 4) is 0 Å². The molecule has 0 amide bonds. The van der Waals surface area contributed by atoms with E-state index in [9.17, 15) is 9.90 Å². The Kier molecular flexibility index (Phi) is 9.81. The van der Waals surface area contributed by atoms with Crippen LogP contribution in [0.1, 0.15) is 49.3 Å². The summed E-state index contributed by atoms with van der Waals surface area (Å²) in [5.41, 5.74) is 3.42. The van der Waals surface area contributed by atoms with Crippen molar-refractivity contribution in [2.24, 2.45) is 0 Å². The number of hydrogen-bond acceptors (Lipinski definition) is 3. The minimum Gasteiger partial charge on any atom is -0.479 e. The molecule has 0 radical (unpaired) electrons. The molecular formula is C24H31NO3S. The zero-order valence-corrected chi connectivity index (χ0v) is 18.1. The molecule has 0 aromatic heterocycles. The van der Waals surface area contributed by atoms with Crippen LogP contribution in [0.15, 0.2) is 54.6 Å². The fraction of sp³-hybridized carbons (Fsp3) is 0.417. The number of thiocarbonyl (C=S) groups is 1. The minimum atomic E-state index is -0.922. The maximum atomic E-state index is 11.3. The summed E-state index contributed by atoms with van der Waals surface area (Å²) in [6, 6.07) is 18.5. The van der Waals surface area contributed by atoms with Gasteiger partial charge in [0.2, 0.25) is 0 Å². The third kappa shape index (κ3) is 7.59. The molecule has 2 N–H and O–H groups in total. The van der Waals surface area contributed by atoms with E-state index in [0.29, 0.717) is 13.0 Å². The first-order chi connectivity index (χ1) is 14.0. The highest BCUT2D eigenvalue weighted by atomic mass is 32.1. The standard InChI is InChI=1S/C24H31NO3S/c1-3-16-25-23(29)21(20-8-6-5-7-9-20)15-14-18-10-12-19(13-11-18)17-22(24(26)27)28-4-2/h5-13,21-22H,3-4,14-17H2,1-2H3,(H,25,29)(H,26,27)/t21-,22+/m0/s1. The van der Waals surface area contributed by atoms with Crippen molar-refractivity contribution in [1.29, 1.82) is 0 Å². The van der Waals surface area contributed by atoms with E-state index in [2.05, 4.69) is 48.6 Å². The maximum absolute atomic E-state index is 11.3. The molecule has 29 heavy (non-hydrogen) atoms. The summed E-state index contributed by atoms with van der Waals surface area (Å²) < 4.78 is 5.30. The van der Waals surface area contributed by atoms with E-state index < -0.39 is 12.1 Å². The first kappa shape index (κ1) is 23.0. The van der Waals surface area contributed by atoms with Crippen LogP contribution in [0.3, 0.4) is 0 Å². The molecule has 4 nitrogen and oxygen atoms in total. The monoisotopic (exact) mass is 413 g/mol. The molecule has 0 bridgehead atoms. The van der Waals surface area contributed by atoms with Crippen molar-refractivity contribution in [2.75, 3.05) is 13.2 Å². The van der Waals surface area contributed by atoms with Gasteiger partial charge in [-0.05, 0) is 42.9 Å². The Balaban J connectivity index is 2.01. The lowest BCUT2D eigenvalue weighted by molar-refractivity contribution is -0.149. The van der Waals surface area contributed by atoms with E-state index in [1.807, 2.05) is 25.1 Å². The maximum Gasteiger partial charge on any atom is 0.333 e. The Morgan fingerprint density at radius 3 is 2.31 bits per heavy atom. The summed E-state index contributed by atoms with van der Waals surface area (Å²) in [5.74, 6) is -0.735. The number of rotatable bonds is 12. The summed E-state index contributed by atoms with van der Waals surface area (Å²) in [5, 5.41) is 12.6. The number of carboxylic acid groups (broad SMARTS) is 1. The van der Waals surface area contributed by atoms with E-state index in [4.69, 9.17) is 17.0 Å². The number of hydrogen-bond donors (Lipinski definition) is 2. The van der Waals surface area contributed by atoms with E-state index >= 15 is 0 Å². The Labute approximate surface area is 179 Å². The molecule has 0 aliphatic carbocycles. The summed E-state index contributed by atoms with van der Waals surface area (Å²) in [4.78, 5) is 12.2. The Bertz CT molecular complexity index is 761. The van der Waals surface area contributed by atoms with E-state index in [0.717, 1.165) is 36.4 Å². The number of benzene rings is 2. The molecule has 5 heteroatoms. The fourth-order valence-corrected chi connectivity index (χ4v) is 3.65. The van der Waals surface area contributed by atoms with E-state index in [1.165, 1.54) is 11.1 Å². The number of carboxylic acids is 1. The van der Waals surface area contributed by atoms with E-state index in [-0.39, 0.29) is 5.92 Å². The van der Waals surface area contributed by atoms with E-state index in [1.54, 1.807) is 0 Å². The molecule has 0 aliphatic rings. The highest BCUT2D eigenvalue weighted by Gasteiger charge is 2.19. The second-order valence-corrected chi connectivity index (χ2v) is 7.54. The Morgan fingerprint density at radius 2 is 1.72 bits per heavy atom. The lowest BCUT2D eigenvalue weighted by Gasteiger charge is -2.20. The molecular weight excluding hydrogens is 382 g/mol. The zero-order valence-electron chi connectivity index (χ0n) is 17.3. The minimum absolute atomic E-state index is 0.187. The molecule has 0 unspecified atom stereocenters. The quantitative estimate of drug-likeness (QED) is 0.491. The van der Waals surface area contributed by atoms with Gasteiger partial charge in [-0.3, -0.25) is 0 Å². The van der Waals surface area contributed by atoms with Crippen LogP contribution in [0, 0.1) is 0 Å². The van der Waals surface area contributed by atoms with Crippen molar-refractivity contribution in [3.63, 3.8) is 0 Å². The predicted molar refractivity (Wildman–Crippen MR) is 122 cm³/mol. The van der Waals surface area contributed by atoms with Gasteiger partial charge in [-0.2, -0.15) is 0 Å². The van der Waals surface area contributed by atoms with Gasteiger partial charge in [0.15, 0.2) is 6.10 Å². The largest absolute Gasteiger partial charge is 0.479 e. The molecule has 2 atom stereocenters. The molecule has 0 fully saturated rings. The van der Waals surface area contributed by atoms with Gasteiger partial charge in [0, 0.05) is 25.5 Å². The van der Waals surface area contributed by atoms with Gasteiger partial charge in [-0.15, -0.1) is 0 Å². The van der Waals surface area contributed by atoms with Crippen LogP contribution in [-0.4, -0.2) is 35.3 Å². The van der Waals surface area contributed by atoms with Gasteiger partial charge in [-0.1, -0.05) is 73.7 Å². The number of ether oxygens (including phenoxy) is 1. The summed E-state index contributed by atoms with van der Waals surface area (Å²) in [6.45, 7) is 5.22. The van der Waals surface area contributed by atoms with Crippen LogP contribution in [0.4, 0.5) is 0 Å². The van der Waals surface area contributed by atoms with Crippen LogP contribution >= 0.6 is 12.2 Å². The fourth-order valence-electron chi connectivity index (χ4n) is 3.29. The molecule has 2 aromatic carbocycles. The van der Waals surface area contributed by atoms with Crippen molar-refractivity contribution in [2.45, 2.75) is 51.6 Å². The van der Waals surface area contributed by atoms with Gasteiger partial charge in [0.25, 0.3) is 0 Å². The van der Waals surface area contributed by atoms with Crippen LogP contribution in [0.5, 0.6) is 0 Å². The predicted octanol–water partition coefficient (Wildman–Crippen LogP) is 4.76. The van der Waals surface area contributed by atoms with Gasteiger partial charge in [-0.25, -0.2) is 4.79 Å². The topological polar surface area (TPSA) is 58.6 Å². The van der Waals surface area contributed by atoms with Gasteiger partial charge in [0.1, 0.15) is 0 Å².